The third kappa shape index (κ3) is 5.67. The van der Waals surface area contributed by atoms with E-state index in [1.54, 1.807) is 13.8 Å². The van der Waals surface area contributed by atoms with E-state index in [2.05, 4.69) is 20.1 Å². The van der Waals surface area contributed by atoms with Gasteiger partial charge in [0.1, 0.15) is 36.9 Å². The molecule has 2 aliphatic carbocycles. The SMILES string of the molecule is C=C(C)C(=O)OC(CC)COc1c2c(c(OCC(CC)OC(=O)C(=C)C)c3c(Cl)cccc13)C1CCC2C1C. The van der Waals surface area contributed by atoms with Gasteiger partial charge in [-0.15, -0.1) is 0 Å². The van der Waals surface area contributed by atoms with Gasteiger partial charge in [-0.3, -0.25) is 0 Å². The Morgan fingerprint density at radius 2 is 1.38 bits per heavy atom. The van der Waals surface area contributed by atoms with E-state index in [1.807, 2.05) is 32.0 Å². The monoisotopic (exact) mass is 554 g/mol. The molecule has 0 N–H and O–H groups in total. The van der Waals surface area contributed by atoms with E-state index < -0.39 is 24.1 Å². The standard InChI is InChI=1S/C32H39ClO6/c1-8-20(38-31(34)17(3)4)15-36-29-24-11-10-12-25(33)26(24)30(28-23-14-13-22(19(23)7)27(28)29)37-16-21(9-2)39-32(35)18(5)6/h10-12,19-23H,3,5,8-9,13-16H2,1-2,4,6-7H3. The Hall–Kier alpha value is -2.99. The first kappa shape index (κ1) is 29.0. The summed E-state index contributed by atoms with van der Waals surface area (Å²) in [5.74, 6) is 1.80. The number of halogens is 1. The lowest BCUT2D eigenvalue weighted by atomic mass is 9.87. The first-order chi connectivity index (χ1) is 18.6. The Balaban J connectivity index is 1.75. The molecule has 5 atom stereocenters. The van der Waals surface area contributed by atoms with Gasteiger partial charge in [-0.25, -0.2) is 9.59 Å². The van der Waals surface area contributed by atoms with Crippen LogP contribution in [-0.4, -0.2) is 37.4 Å². The van der Waals surface area contributed by atoms with Crippen LogP contribution in [0.1, 0.15) is 83.3 Å². The van der Waals surface area contributed by atoms with E-state index in [1.165, 1.54) is 0 Å². The van der Waals surface area contributed by atoms with Gasteiger partial charge in [0.15, 0.2) is 0 Å². The summed E-state index contributed by atoms with van der Waals surface area (Å²) in [5, 5.41) is 2.23. The van der Waals surface area contributed by atoms with E-state index in [0.29, 0.717) is 46.8 Å². The Labute approximate surface area is 236 Å². The average molecular weight is 555 g/mol. The first-order valence-electron chi connectivity index (χ1n) is 13.8. The van der Waals surface area contributed by atoms with Gasteiger partial charge in [-0.05, 0) is 63.4 Å². The molecule has 0 aromatic heterocycles. The van der Waals surface area contributed by atoms with Gasteiger partial charge >= 0.3 is 11.9 Å². The molecule has 210 valence electrons. The lowest BCUT2D eigenvalue weighted by Gasteiger charge is -2.27. The number of hydrogen-bond donors (Lipinski definition) is 0. The molecule has 0 aliphatic heterocycles. The van der Waals surface area contributed by atoms with Crippen LogP contribution in [0.5, 0.6) is 11.5 Å². The Bertz CT molecular complexity index is 1300. The van der Waals surface area contributed by atoms with Crippen LogP contribution in [0.25, 0.3) is 10.8 Å². The molecule has 0 saturated heterocycles. The zero-order chi connectivity index (χ0) is 28.4. The number of ether oxygens (including phenoxy) is 4. The van der Waals surface area contributed by atoms with Crippen LogP contribution < -0.4 is 9.47 Å². The molecule has 0 radical (unpaired) electrons. The molecule has 6 nitrogen and oxygen atoms in total. The molecule has 2 bridgehead atoms. The second-order valence-electron chi connectivity index (χ2n) is 10.9. The lowest BCUT2D eigenvalue weighted by molar-refractivity contribution is -0.146. The van der Waals surface area contributed by atoms with Crippen molar-refractivity contribution in [3.63, 3.8) is 0 Å². The summed E-state index contributed by atoms with van der Waals surface area (Å²) in [6.07, 6.45) is 2.56. The van der Waals surface area contributed by atoms with Crippen molar-refractivity contribution >= 4 is 34.3 Å². The van der Waals surface area contributed by atoms with Gasteiger partial charge in [0.25, 0.3) is 0 Å². The van der Waals surface area contributed by atoms with Gasteiger partial charge in [0.05, 0.1) is 5.02 Å². The van der Waals surface area contributed by atoms with Gasteiger partial charge in [0, 0.05) is 33.0 Å². The van der Waals surface area contributed by atoms with Gasteiger partial charge < -0.3 is 18.9 Å². The fourth-order valence-corrected chi connectivity index (χ4v) is 6.08. The Kier molecular flexibility index (Phi) is 8.95. The summed E-state index contributed by atoms with van der Waals surface area (Å²) in [4.78, 5) is 24.3. The topological polar surface area (TPSA) is 71.1 Å². The zero-order valence-corrected chi connectivity index (χ0v) is 24.4. The van der Waals surface area contributed by atoms with Gasteiger partial charge in [-0.1, -0.05) is 57.7 Å². The molecule has 2 aromatic rings. The number of benzene rings is 2. The molecule has 4 rings (SSSR count). The average Bonchev–Trinajstić information content (AvgIpc) is 3.41. The minimum Gasteiger partial charge on any atom is -0.489 e. The largest absolute Gasteiger partial charge is 0.489 e. The van der Waals surface area contributed by atoms with Crippen LogP contribution in [0.2, 0.25) is 5.02 Å². The maximum atomic E-state index is 12.2. The van der Waals surface area contributed by atoms with E-state index >= 15 is 0 Å². The van der Waals surface area contributed by atoms with Crippen LogP contribution in [-0.2, 0) is 19.1 Å². The fourth-order valence-electron chi connectivity index (χ4n) is 5.82. The van der Waals surface area contributed by atoms with Crippen LogP contribution >= 0.6 is 11.6 Å². The highest BCUT2D eigenvalue weighted by Gasteiger charge is 2.48. The minimum atomic E-state index is -0.423. The van der Waals surface area contributed by atoms with Crippen LogP contribution in [0.15, 0.2) is 42.5 Å². The molecule has 0 heterocycles. The molecule has 2 aliphatic rings. The van der Waals surface area contributed by atoms with Crippen molar-refractivity contribution < 1.29 is 28.5 Å². The Morgan fingerprint density at radius 1 is 0.897 bits per heavy atom. The maximum absolute atomic E-state index is 12.2. The van der Waals surface area contributed by atoms with Gasteiger partial charge in [0.2, 0.25) is 0 Å². The molecule has 2 aromatic carbocycles. The highest BCUT2D eigenvalue weighted by Crippen LogP contribution is 2.64. The second kappa shape index (κ2) is 12.0. The molecule has 5 unspecified atom stereocenters. The smallest absolute Gasteiger partial charge is 0.333 e. The molecule has 1 saturated carbocycles. The van der Waals surface area contributed by atoms with Crippen molar-refractivity contribution in [2.45, 2.75) is 84.3 Å². The maximum Gasteiger partial charge on any atom is 0.333 e. The lowest BCUT2D eigenvalue weighted by Crippen LogP contribution is -2.26. The van der Waals surface area contributed by atoms with Crippen LogP contribution in [0.4, 0.5) is 0 Å². The van der Waals surface area contributed by atoms with Crippen molar-refractivity contribution in [3.05, 3.63) is 58.7 Å². The molecule has 0 amide bonds. The van der Waals surface area contributed by atoms with E-state index in [0.717, 1.165) is 46.2 Å². The van der Waals surface area contributed by atoms with Gasteiger partial charge in [-0.2, -0.15) is 0 Å². The predicted molar refractivity (Wildman–Crippen MR) is 154 cm³/mol. The predicted octanol–water partition coefficient (Wildman–Crippen LogP) is 7.66. The first-order valence-corrected chi connectivity index (χ1v) is 14.2. The molecule has 0 spiro atoms. The molecule has 7 heteroatoms. The summed E-state index contributed by atoms with van der Waals surface area (Å²) >= 11 is 6.83. The van der Waals surface area contributed by atoms with Crippen molar-refractivity contribution in [2.75, 3.05) is 13.2 Å². The van der Waals surface area contributed by atoms with Crippen LogP contribution in [0.3, 0.4) is 0 Å². The summed E-state index contributed by atoms with van der Waals surface area (Å²) in [5.41, 5.74) is 3.02. The molecular weight excluding hydrogens is 516 g/mol. The van der Waals surface area contributed by atoms with Crippen molar-refractivity contribution in [1.82, 2.24) is 0 Å². The normalized spacial score (nSPS) is 20.7. The number of carbonyl (C=O) groups excluding carboxylic acids is 2. The van der Waals surface area contributed by atoms with E-state index in [-0.39, 0.29) is 13.2 Å². The zero-order valence-electron chi connectivity index (χ0n) is 23.6. The second-order valence-corrected chi connectivity index (χ2v) is 11.3. The number of fused-ring (bicyclic) bond motifs is 6. The minimum absolute atomic E-state index is 0.211. The fraction of sp³-hybridized carbons (Fsp3) is 0.500. The summed E-state index contributed by atoms with van der Waals surface area (Å²) in [6, 6.07) is 5.76. The number of hydrogen-bond acceptors (Lipinski definition) is 6. The quantitative estimate of drug-likeness (QED) is 0.198. The van der Waals surface area contributed by atoms with E-state index in [4.69, 9.17) is 30.5 Å². The highest BCUT2D eigenvalue weighted by molar-refractivity contribution is 6.36. The molecule has 39 heavy (non-hydrogen) atoms. The van der Waals surface area contributed by atoms with Crippen molar-refractivity contribution in [2.24, 2.45) is 5.92 Å². The molecular formula is C32H39ClO6. The third-order valence-electron chi connectivity index (χ3n) is 8.05. The van der Waals surface area contributed by atoms with Crippen LogP contribution in [0, 0.1) is 5.92 Å². The summed E-state index contributed by atoms with van der Waals surface area (Å²) in [7, 11) is 0. The third-order valence-corrected chi connectivity index (χ3v) is 8.36. The highest BCUT2D eigenvalue weighted by atomic mass is 35.5. The number of carbonyl (C=O) groups is 2. The van der Waals surface area contributed by atoms with Crippen molar-refractivity contribution in [1.29, 1.82) is 0 Å². The molecule has 1 fully saturated rings. The Morgan fingerprint density at radius 3 is 1.87 bits per heavy atom. The number of esters is 2. The number of rotatable bonds is 12. The van der Waals surface area contributed by atoms with Crippen molar-refractivity contribution in [3.8, 4) is 11.5 Å². The summed E-state index contributed by atoms with van der Waals surface area (Å²) < 4.78 is 24.3. The van der Waals surface area contributed by atoms with E-state index in [9.17, 15) is 9.59 Å². The summed E-state index contributed by atoms with van der Waals surface area (Å²) in [6.45, 7) is 17.3.